The summed E-state index contributed by atoms with van der Waals surface area (Å²) >= 11 is 1.30. The molecule has 0 aliphatic heterocycles. The Morgan fingerprint density at radius 3 is 2.87 bits per heavy atom. The summed E-state index contributed by atoms with van der Waals surface area (Å²) in [5.41, 5.74) is 0.933. The maximum Gasteiger partial charge on any atom is 0.231 e. The molecule has 1 unspecified atom stereocenters. The first-order valence-electron chi connectivity index (χ1n) is 7.15. The highest BCUT2D eigenvalue weighted by Gasteiger charge is 2.13. The maximum absolute atomic E-state index is 12.0. The van der Waals surface area contributed by atoms with Crippen LogP contribution in [0.1, 0.15) is 18.7 Å². The van der Waals surface area contributed by atoms with Crippen LogP contribution < -0.4 is 5.32 Å². The second-order valence-electron chi connectivity index (χ2n) is 4.90. The topological polar surface area (TPSA) is 73.0 Å². The molecule has 3 aromatic rings. The molecular weight excluding hydrogens is 312 g/mol. The maximum atomic E-state index is 12.0. The first-order chi connectivity index (χ1) is 11.2. The lowest BCUT2D eigenvalue weighted by atomic mass is 10.2. The smallest absolute Gasteiger partial charge is 0.231 e. The number of rotatable bonds is 6. The van der Waals surface area contributed by atoms with E-state index < -0.39 is 0 Å². The van der Waals surface area contributed by atoms with Crippen LogP contribution in [0, 0.1) is 0 Å². The van der Waals surface area contributed by atoms with Gasteiger partial charge in [0.1, 0.15) is 12.1 Å². The van der Waals surface area contributed by atoms with Crippen LogP contribution in [0.25, 0.3) is 5.69 Å². The number of furan rings is 1. The van der Waals surface area contributed by atoms with E-state index in [0.29, 0.717) is 5.16 Å². The van der Waals surface area contributed by atoms with Crippen LogP contribution in [0.3, 0.4) is 0 Å². The van der Waals surface area contributed by atoms with Crippen molar-refractivity contribution >= 4 is 17.7 Å². The number of hydrogen-bond donors (Lipinski definition) is 1. The Kier molecular flexibility index (Phi) is 4.77. The van der Waals surface area contributed by atoms with Crippen LogP contribution in [0.2, 0.25) is 0 Å². The Labute approximate surface area is 137 Å². The van der Waals surface area contributed by atoms with E-state index in [1.807, 2.05) is 43.3 Å². The van der Waals surface area contributed by atoms with E-state index in [2.05, 4.69) is 15.4 Å². The molecule has 23 heavy (non-hydrogen) atoms. The third-order valence-electron chi connectivity index (χ3n) is 3.17. The minimum absolute atomic E-state index is 0.0880. The van der Waals surface area contributed by atoms with Gasteiger partial charge in [-0.05, 0) is 31.2 Å². The van der Waals surface area contributed by atoms with E-state index in [4.69, 9.17) is 4.42 Å². The number of carbonyl (C=O) groups is 1. The minimum atomic E-state index is -0.159. The molecule has 7 heteroatoms. The van der Waals surface area contributed by atoms with Crippen LogP contribution in [0.5, 0.6) is 0 Å². The van der Waals surface area contributed by atoms with Crippen LogP contribution in [0.4, 0.5) is 0 Å². The van der Waals surface area contributed by atoms with Crippen LogP contribution in [-0.4, -0.2) is 26.4 Å². The largest absolute Gasteiger partial charge is 0.467 e. The van der Waals surface area contributed by atoms with Crippen molar-refractivity contribution in [2.45, 2.75) is 18.1 Å². The molecule has 0 radical (unpaired) electrons. The number of benzene rings is 1. The minimum Gasteiger partial charge on any atom is -0.467 e. The van der Waals surface area contributed by atoms with Crippen LogP contribution in [-0.2, 0) is 4.79 Å². The molecule has 1 N–H and O–H groups in total. The van der Waals surface area contributed by atoms with Gasteiger partial charge < -0.3 is 9.73 Å². The lowest BCUT2D eigenvalue weighted by Gasteiger charge is -2.10. The lowest BCUT2D eigenvalue weighted by molar-refractivity contribution is -0.119. The molecule has 1 amide bonds. The van der Waals surface area contributed by atoms with Crippen LogP contribution >= 0.6 is 11.8 Å². The van der Waals surface area contributed by atoms with Gasteiger partial charge in [-0.25, -0.2) is 9.67 Å². The summed E-state index contributed by atoms with van der Waals surface area (Å²) in [5.74, 6) is 0.897. The van der Waals surface area contributed by atoms with Crippen molar-refractivity contribution in [2.75, 3.05) is 5.75 Å². The summed E-state index contributed by atoms with van der Waals surface area (Å²) in [4.78, 5) is 16.2. The molecule has 1 aromatic carbocycles. The van der Waals surface area contributed by atoms with Crippen molar-refractivity contribution in [3.05, 3.63) is 60.8 Å². The normalized spacial score (nSPS) is 12.0. The monoisotopic (exact) mass is 328 g/mol. The summed E-state index contributed by atoms with van der Waals surface area (Å²) in [6, 6.07) is 13.2. The van der Waals surface area contributed by atoms with Gasteiger partial charge in [0.2, 0.25) is 11.1 Å². The Morgan fingerprint density at radius 2 is 2.13 bits per heavy atom. The van der Waals surface area contributed by atoms with Crippen molar-refractivity contribution in [3.63, 3.8) is 0 Å². The molecular formula is C16H16N4O2S. The average molecular weight is 328 g/mol. The highest BCUT2D eigenvalue weighted by Crippen LogP contribution is 2.16. The number of hydrogen-bond acceptors (Lipinski definition) is 5. The molecule has 0 fully saturated rings. The third kappa shape index (κ3) is 4.01. The van der Waals surface area contributed by atoms with E-state index in [1.54, 1.807) is 23.3 Å². The molecule has 0 saturated heterocycles. The van der Waals surface area contributed by atoms with Crippen molar-refractivity contribution in [1.29, 1.82) is 0 Å². The molecule has 3 rings (SSSR count). The number of amides is 1. The molecule has 1 atom stereocenters. The highest BCUT2D eigenvalue weighted by atomic mass is 32.2. The Bertz CT molecular complexity index is 756. The van der Waals surface area contributed by atoms with E-state index in [9.17, 15) is 4.79 Å². The molecule has 0 aliphatic rings. The number of para-hydroxylation sites is 1. The van der Waals surface area contributed by atoms with Gasteiger partial charge in [-0.15, -0.1) is 5.10 Å². The molecule has 0 saturated carbocycles. The average Bonchev–Trinajstić information content (AvgIpc) is 3.25. The predicted octanol–water partition coefficient (Wildman–Crippen LogP) is 2.83. The summed E-state index contributed by atoms with van der Waals surface area (Å²) in [7, 11) is 0. The van der Waals surface area contributed by atoms with Gasteiger partial charge in [-0.2, -0.15) is 0 Å². The zero-order valence-corrected chi connectivity index (χ0v) is 13.4. The number of carbonyl (C=O) groups excluding carboxylic acids is 1. The van der Waals surface area contributed by atoms with Gasteiger partial charge in [0, 0.05) is 0 Å². The Hall–Kier alpha value is -2.54. The predicted molar refractivity (Wildman–Crippen MR) is 87.3 cm³/mol. The third-order valence-corrected chi connectivity index (χ3v) is 4.02. The fraction of sp³-hybridized carbons (Fsp3) is 0.188. The second-order valence-corrected chi connectivity index (χ2v) is 5.84. The van der Waals surface area contributed by atoms with Crippen molar-refractivity contribution in [2.24, 2.45) is 0 Å². The quantitative estimate of drug-likeness (QED) is 0.704. The number of nitrogens with zero attached hydrogens (tertiary/aromatic N) is 3. The van der Waals surface area contributed by atoms with Crippen molar-refractivity contribution < 1.29 is 9.21 Å². The molecule has 0 spiro atoms. The first-order valence-corrected chi connectivity index (χ1v) is 8.13. The van der Waals surface area contributed by atoms with E-state index in [1.165, 1.54) is 11.8 Å². The zero-order valence-electron chi connectivity index (χ0n) is 12.5. The SMILES string of the molecule is CC(NC(=O)CSc1ncn(-c2ccccc2)n1)c1ccco1. The molecule has 2 aromatic heterocycles. The molecule has 0 aliphatic carbocycles. The lowest BCUT2D eigenvalue weighted by Crippen LogP contribution is -2.27. The van der Waals surface area contributed by atoms with Gasteiger partial charge in [-0.3, -0.25) is 4.79 Å². The van der Waals surface area contributed by atoms with Gasteiger partial charge >= 0.3 is 0 Å². The first kappa shape index (κ1) is 15.4. The molecule has 0 bridgehead atoms. The molecule has 2 heterocycles. The highest BCUT2D eigenvalue weighted by molar-refractivity contribution is 7.99. The summed E-state index contributed by atoms with van der Waals surface area (Å²) in [6.07, 6.45) is 3.23. The Balaban J connectivity index is 1.52. The van der Waals surface area contributed by atoms with E-state index in [0.717, 1.165) is 11.4 Å². The van der Waals surface area contributed by atoms with Gasteiger partial charge in [0.25, 0.3) is 0 Å². The van der Waals surface area contributed by atoms with Crippen molar-refractivity contribution in [1.82, 2.24) is 20.1 Å². The number of thioether (sulfide) groups is 1. The fourth-order valence-corrected chi connectivity index (χ4v) is 2.65. The second kappa shape index (κ2) is 7.15. The summed E-state index contributed by atoms with van der Waals surface area (Å²) < 4.78 is 6.95. The Morgan fingerprint density at radius 1 is 1.30 bits per heavy atom. The van der Waals surface area contributed by atoms with Gasteiger partial charge in [-0.1, -0.05) is 30.0 Å². The van der Waals surface area contributed by atoms with Crippen molar-refractivity contribution in [3.8, 4) is 5.69 Å². The number of nitrogens with one attached hydrogen (secondary N) is 1. The standard InChI is InChI=1S/C16H16N4O2S/c1-12(14-8-5-9-22-14)18-15(21)10-23-16-17-11-20(19-16)13-6-3-2-4-7-13/h2-9,11-12H,10H2,1H3,(H,18,21). The molecule has 118 valence electrons. The fourth-order valence-electron chi connectivity index (χ4n) is 2.04. The number of aromatic nitrogens is 3. The zero-order chi connectivity index (χ0) is 16.1. The van der Waals surface area contributed by atoms with E-state index in [-0.39, 0.29) is 17.7 Å². The van der Waals surface area contributed by atoms with E-state index >= 15 is 0 Å². The summed E-state index contributed by atoms with van der Waals surface area (Å²) in [5, 5.41) is 7.79. The van der Waals surface area contributed by atoms with Gasteiger partial charge in [0.05, 0.1) is 23.7 Å². The molecule has 6 nitrogen and oxygen atoms in total. The van der Waals surface area contributed by atoms with Gasteiger partial charge in [0.15, 0.2) is 0 Å². The van der Waals surface area contributed by atoms with Crippen LogP contribution in [0.15, 0.2) is 64.6 Å². The summed E-state index contributed by atoms with van der Waals surface area (Å²) in [6.45, 7) is 1.88.